The Hall–Kier alpha value is -0.420. The van der Waals surface area contributed by atoms with Gasteiger partial charge >= 0.3 is 0 Å². The van der Waals surface area contributed by atoms with Gasteiger partial charge in [0.1, 0.15) is 6.10 Å². The van der Waals surface area contributed by atoms with Crippen molar-refractivity contribution in [1.82, 2.24) is 10.2 Å². The van der Waals surface area contributed by atoms with Crippen molar-refractivity contribution in [3.63, 3.8) is 0 Å². The van der Waals surface area contributed by atoms with Gasteiger partial charge in [0.25, 0.3) is 0 Å². The Morgan fingerprint density at radius 3 is 2.94 bits per heavy atom. The lowest BCUT2D eigenvalue weighted by molar-refractivity contribution is 0.160. The van der Waals surface area contributed by atoms with Crippen LogP contribution in [0.2, 0.25) is 0 Å². The zero-order valence-corrected chi connectivity index (χ0v) is 10.5. The van der Waals surface area contributed by atoms with Crippen molar-refractivity contribution in [2.45, 2.75) is 25.0 Å². The summed E-state index contributed by atoms with van der Waals surface area (Å²) in [4.78, 5) is 3.41. The molecule has 1 fully saturated rings. The molecule has 2 rings (SSSR count). The van der Waals surface area contributed by atoms with E-state index >= 15 is 0 Å². The van der Waals surface area contributed by atoms with E-state index in [-0.39, 0.29) is 6.10 Å². The summed E-state index contributed by atoms with van der Waals surface area (Å²) in [7, 11) is 2.16. The van der Waals surface area contributed by atoms with Crippen LogP contribution < -0.4 is 5.32 Å². The number of hydrogen-bond acceptors (Lipinski definition) is 4. The summed E-state index contributed by atoms with van der Waals surface area (Å²) in [5.41, 5.74) is 0. The zero-order valence-electron chi connectivity index (χ0n) is 9.72. The van der Waals surface area contributed by atoms with E-state index in [2.05, 4.69) is 17.3 Å². The topological polar surface area (TPSA) is 35.5 Å². The van der Waals surface area contributed by atoms with Crippen molar-refractivity contribution in [3.05, 3.63) is 22.4 Å². The van der Waals surface area contributed by atoms with Gasteiger partial charge in [0.05, 0.1) is 0 Å². The van der Waals surface area contributed by atoms with E-state index in [1.165, 1.54) is 12.8 Å². The summed E-state index contributed by atoms with van der Waals surface area (Å²) >= 11 is 1.62. The molecule has 1 aromatic rings. The molecule has 0 saturated carbocycles. The Bertz CT molecular complexity index is 294. The fourth-order valence-corrected chi connectivity index (χ4v) is 2.78. The molecule has 1 saturated heterocycles. The van der Waals surface area contributed by atoms with Gasteiger partial charge in [-0.05, 0) is 44.4 Å². The lowest BCUT2D eigenvalue weighted by atomic mass is 10.1. The molecule has 90 valence electrons. The molecule has 3 nitrogen and oxygen atoms in total. The Morgan fingerprint density at radius 1 is 1.56 bits per heavy atom. The Labute approximate surface area is 101 Å². The summed E-state index contributed by atoms with van der Waals surface area (Å²) in [6, 6.07) is 4.55. The molecule has 0 spiro atoms. The number of thiophene rings is 1. The SMILES string of the molecule is CN1CCC(NCC(O)c2cccs2)CC1. The quantitative estimate of drug-likeness (QED) is 0.836. The van der Waals surface area contributed by atoms with Crippen molar-refractivity contribution in [2.24, 2.45) is 0 Å². The lowest BCUT2D eigenvalue weighted by Crippen LogP contribution is -2.42. The molecule has 1 unspecified atom stereocenters. The number of aliphatic hydroxyl groups is 1. The molecule has 1 aliphatic heterocycles. The molecule has 16 heavy (non-hydrogen) atoms. The van der Waals surface area contributed by atoms with Crippen LogP contribution in [0.3, 0.4) is 0 Å². The van der Waals surface area contributed by atoms with Crippen LogP contribution >= 0.6 is 11.3 Å². The number of aliphatic hydroxyl groups excluding tert-OH is 1. The number of piperidine rings is 1. The van der Waals surface area contributed by atoms with E-state index in [0.717, 1.165) is 18.0 Å². The van der Waals surface area contributed by atoms with Gasteiger partial charge in [-0.25, -0.2) is 0 Å². The predicted molar refractivity (Wildman–Crippen MR) is 67.8 cm³/mol. The molecular weight excluding hydrogens is 220 g/mol. The van der Waals surface area contributed by atoms with Crippen LogP contribution in [-0.2, 0) is 0 Å². The Balaban J connectivity index is 1.71. The first kappa shape index (κ1) is 12.0. The van der Waals surface area contributed by atoms with Crippen LogP contribution in [0.15, 0.2) is 17.5 Å². The minimum absolute atomic E-state index is 0.348. The second-order valence-electron chi connectivity index (χ2n) is 4.52. The van der Waals surface area contributed by atoms with Crippen molar-refractivity contribution in [3.8, 4) is 0 Å². The number of nitrogens with one attached hydrogen (secondary N) is 1. The van der Waals surface area contributed by atoms with Gasteiger partial charge in [-0.1, -0.05) is 6.07 Å². The van der Waals surface area contributed by atoms with E-state index < -0.39 is 0 Å². The summed E-state index contributed by atoms with van der Waals surface area (Å²) in [5.74, 6) is 0. The summed E-state index contributed by atoms with van der Waals surface area (Å²) < 4.78 is 0. The normalized spacial score (nSPS) is 21.1. The molecule has 0 amide bonds. The van der Waals surface area contributed by atoms with Crippen LogP contribution in [0, 0.1) is 0 Å². The predicted octanol–water partition coefficient (Wildman–Crippen LogP) is 1.47. The first-order chi connectivity index (χ1) is 7.75. The first-order valence-electron chi connectivity index (χ1n) is 5.89. The highest BCUT2D eigenvalue weighted by Crippen LogP contribution is 2.18. The maximum absolute atomic E-state index is 9.93. The van der Waals surface area contributed by atoms with Gasteiger partial charge in [-0.15, -0.1) is 11.3 Å². The van der Waals surface area contributed by atoms with Crippen molar-refractivity contribution >= 4 is 11.3 Å². The highest BCUT2D eigenvalue weighted by molar-refractivity contribution is 7.10. The Kier molecular flexibility index (Phi) is 4.35. The van der Waals surface area contributed by atoms with E-state index in [1.807, 2.05) is 17.5 Å². The van der Waals surface area contributed by atoms with Gasteiger partial charge in [0.2, 0.25) is 0 Å². The zero-order chi connectivity index (χ0) is 11.4. The number of rotatable bonds is 4. The third-order valence-electron chi connectivity index (χ3n) is 3.19. The molecule has 1 aromatic heterocycles. The highest BCUT2D eigenvalue weighted by atomic mass is 32.1. The summed E-state index contributed by atoms with van der Waals surface area (Å²) in [6.45, 7) is 2.99. The van der Waals surface area contributed by atoms with Crippen molar-refractivity contribution in [1.29, 1.82) is 0 Å². The summed E-state index contributed by atoms with van der Waals surface area (Å²) in [5, 5.41) is 15.4. The molecule has 0 bridgehead atoms. The smallest absolute Gasteiger partial charge is 0.101 e. The average Bonchev–Trinajstić information content (AvgIpc) is 2.81. The van der Waals surface area contributed by atoms with Crippen LogP contribution in [0.1, 0.15) is 23.8 Å². The maximum Gasteiger partial charge on any atom is 0.101 e. The molecule has 4 heteroatoms. The van der Waals surface area contributed by atoms with Crippen LogP contribution in [0.5, 0.6) is 0 Å². The van der Waals surface area contributed by atoms with Crippen molar-refractivity contribution in [2.75, 3.05) is 26.7 Å². The largest absolute Gasteiger partial charge is 0.386 e. The third-order valence-corrected chi connectivity index (χ3v) is 4.16. The number of likely N-dealkylation sites (tertiary alicyclic amines) is 1. The van der Waals surface area contributed by atoms with Gasteiger partial charge in [-0.2, -0.15) is 0 Å². The molecule has 0 aromatic carbocycles. The second-order valence-corrected chi connectivity index (χ2v) is 5.50. The van der Waals surface area contributed by atoms with Gasteiger partial charge < -0.3 is 15.3 Å². The van der Waals surface area contributed by atoms with Gasteiger partial charge in [-0.3, -0.25) is 0 Å². The van der Waals surface area contributed by atoms with Crippen LogP contribution in [-0.4, -0.2) is 42.7 Å². The molecule has 0 radical (unpaired) electrons. The Morgan fingerprint density at radius 2 is 2.31 bits per heavy atom. The highest BCUT2D eigenvalue weighted by Gasteiger charge is 2.17. The molecule has 2 N–H and O–H groups in total. The summed E-state index contributed by atoms with van der Waals surface area (Å²) in [6.07, 6.45) is 2.03. The minimum Gasteiger partial charge on any atom is -0.386 e. The monoisotopic (exact) mass is 240 g/mol. The fraction of sp³-hybridized carbons (Fsp3) is 0.667. The molecule has 2 heterocycles. The standard InChI is InChI=1S/C12H20N2OS/c1-14-6-4-10(5-7-14)13-9-11(15)12-3-2-8-16-12/h2-3,8,10-11,13,15H,4-7,9H2,1H3. The molecule has 1 atom stereocenters. The van der Waals surface area contributed by atoms with Gasteiger partial charge in [0.15, 0.2) is 0 Å². The van der Waals surface area contributed by atoms with E-state index in [9.17, 15) is 5.11 Å². The number of nitrogens with zero attached hydrogens (tertiary/aromatic N) is 1. The van der Waals surface area contributed by atoms with Crippen LogP contribution in [0.4, 0.5) is 0 Å². The lowest BCUT2D eigenvalue weighted by Gasteiger charge is -2.30. The van der Waals surface area contributed by atoms with Gasteiger partial charge in [0, 0.05) is 17.5 Å². The minimum atomic E-state index is -0.348. The fourth-order valence-electron chi connectivity index (χ4n) is 2.07. The third kappa shape index (κ3) is 3.28. The van der Waals surface area contributed by atoms with Crippen LogP contribution in [0.25, 0.3) is 0 Å². The van der Waals surface area contributed by atoms with E-state index in [1.54, 1.807) is 11.3 Å². The molecule has 1 aliphatic rings. The second kappa shape index (κ2) is 5.77. The van der Waals surface area contributed by atoms with E-state index in [0.29, 0.717) is 12.6 Å². The molecule has 0 aliphatic carbocycles. The maximum atomic E-state index is 9.93. The average molecular weight is 240 g/mol. The molecular formula is C12H20N2OS. The number of hydrogen-bond donors (Lipinski definition) is 2. The van der Waals surface area contributed by atoms with E-state index in [4.69, 9.17) is 0 Å². The van der Waals surface area contributed by atoms with Crippen molar-refractivity contribution < 1.29 is 5.11 Å². The first-order valence-corrected chi connectivity index (χ1v) is 6.77.